The van der Waals surface area contributed by atoms with E-state index in [0.29, 0.717) is 30.0 Å². The molecule has 0 saturated heterocycles. The quantitative estimate of drug-likeness (QED) is 0.751. The van der Waals surface area contributed by atoms with Crippen LogP contribution in [-0.4, -0.2) is 11.6 Å². The van der Waals surface area contributed by atoms with Gasteiger partial charge in [0.1, 0.15) is 11.6 Å². The first-order valence-electron chi connectivity index (χ1n) is 6.88. The third-order valence-electron chi connectivity index (χ3n) is 5.16. The van der Waals surface area contributed by atoms with Crippen molar-refractivity contribution in [3.8, 4) is 0 Å². The van der Waals surface area contributed by atoms with E-state index >= 15 is 0 Å². The minimum atomic E-state index is 0.272. The van der Waals surface area contributed by atoms with Gasteiger partial charge in [-0.05, 0) is 42.9 Å². The summed E-state index contributed by atoms with van der Waals surface area (Å²) in [5.41, 5.74) is 0.272. The molecule has 2 rings (SSSR count). The molecule has 0 bridgehead atoms. The summed E-state index contributed by atoms with van der Waals surface area (Å²) < 4.78 is 0. The molecule has 17 heavy (non-hydrogen) atoms. The zero-order valence-corrected chi connectivity index (χ0v) is 11.5. The van der Waals surface area contributed by atoms with E-state index in [4.69, 9.17) is 0 Å². The highest BCUT2D eigenvalue weighted by Crippen LogP contribution is 2.66. The van der Waals surface area contributed by atoms with Crippen LogP contribution in [0.4, 0.5) is 0 Å². The number of hydrogen-bond donors (Lipinski definition) is 0. The fourth-order valence-electron chi connectivity index (χ4n) is 4.00. The van der Waals surface area contributed by atoms with E-state index in [0.717, 1.165) is 19.3 Å². The van der Waals surface area contributed by atoms with Gasteiger partial charge in [0.2, 0.25) is 0 Å². The molecular weight excluding hydrogens is 212 g/mol. The summed E-state index contributed by atoms with van der Waals surface area (Å²) >= 11 is 0. The molecule has 0 aromatic heterocycles. The first-order valence-corrected chi connectivity index (χ1v) is 6.88. The van der Waals surface area contributed by atoms with Gasteiger partial charge in [-0.2, -0.15) is 0 Å². The average Bonchev–Trinajstić information content (AvgIpc) is 2.57. The van der Waals surface area contributed by atoms with Crippen LogP contribution in [0, 0.1) is 29.1 Å². The fourth-order valence-corrected chi connectivity index (χ4v) is 4.00. The van der Waals surface area contributed by atoms with E-state index < -0.39 is 0 Å². The summed E-state index contributed by atoms with van der Waals surface area (Å²) in [7, 11) is 0. The molecule has 2 aliphatic rings. The van der Waals surface area contributed by atoms with Gasteiger partial charge in [-0.25, -0.2) is 0 Å². The maximum atomic E-state index is 12.0. The Balaban J connectivity index is 2.02. The predicted molar refractivity (Wildman–Crippen MR) is 67.6 cm³/mol. The Labute approximate surface area is 104 Å². The maximum absolute atomic E-state index is 12.0. The van der Waals surface area contributed by atoms with Crippen molar-refractivity contribution in [1.82, 2.24) is 0 Å². The van der Waals surface area contributed by atoms with Crippen molar-refractivity contribution in [3.05, 3.63) is 0 Å². The standard InChI is InChI=1S/C15H24O2/c1-9-5-8-12(17)13(9)14-11(15(14,3)4)7-6-10(2)16/h9,11,13-14H,5-8H2,1-4H3. The van der Waals surface area contributed by atoms with Crippen LogP contribution in [0.3, 0.4) is 0 Å². The van der Waals surface area contributed by atoms with Crippen molar-refractivity contribution in [1.29, 1.82) is 0 Å². The second kappa shape index (κ2) is 4.22. The van der Waals surface area contributed by atoms with E-state index in [-0.39, 0.29) is 17.1 Å². The molecule has 2 nitrogen and oxygen atoms in total. The lowest BCUT2D eigenvalue weighted by molar-refractivity contribution is -0.122. The molecular formula is C15H24O2. The van der Waals surface area contributed by atoms with Crippen molar-refractivity contribution in [2.75, 3.05) is 0 Å². The van der Waals surface area contributed by atoms with Crippen LogP contribution in [0.15, 0.2) is 0 Å². The van der Waals surface area contributed by atoms with Gasteiger partial charge >= 0.3 is 0 Å². The lowest BCUT2D eigenvalue weighted by Gasteiger charge is -2.15. The van der Waals surface area contributed by atoms with Crippen LogP contribution in [0.2, 0.25) is 0 Å². The van der Waals surface area contributed by atoms with Crippen molar-refractivity contribution in [3.63, 3.8) is 0 Å². The molecule has 0 N–H and O–H groups in total. The summed E-state index contributed by atoms with van der Waals surface area (Å²) in [5.74, 6) is 2.70. The molecule has 0 heterocycles. The summed E-state index contributed by atoms with van der Waals surface area (Å²) in [6.45, 7) is 8.40. The normalized spacial score (nSPS) is 39.4. The second-order valence-corrected chi connectivity index (χ2v) is 6.70. The van der Waals surface area contributed by atoms with Crippen molar-refractivity contribution in [2.24, 2.45) is 29.1 Å². The van der Waals surface area contributed by atoms with Gasteiger partial charge in [0, 0.05) is 18.8 Å². The van der Waals surface area contributed by atoms with Crippen molar-refractivity contribution in [2.45, 2.75) is 53.4 Å². The highest BCUT2D eigenvalue weighted by atomic mass is 16.1. The van der Waals surface area contributed by atoms with Crippen molar-refractivity contribution >= 4 is 11.6 Å². The molecule has 0 amide bonds. The molecule has 4 atom stereocenters. The average molecular weight is 236 g/mol. The Morgan fingerprint density at radius 3 is 2.53 bits per heavy atom. The van der Waals surface area contributed by atoms with E-state index in [9.17, 15) is 9.59 Å². The van der Waals surface area contributed by atoms with E-state index in [2.05, 4.69) is 20.8 Å². The van der Waals surface area contributed by atoms with Crippen LogP contribution in [0.25, 0.3) is 0 Å². The van der Waals surface area contributed by atoms with E-state index in [1.165, 1.54) is 0 Å². The smallest absolute Gasteiger partial charge is 0.136 e. The number of hydrogen-bond acceptors (Lipinski definition) is 2. The summed E-state index contributed by atoms with van der Waals surface area (Å²) in [6, 6.07) is 0. The molecule has 0 spiro atoms. The van der Waals surface area contributed by atoms with Gasteiger partial charge in [-0.15, -0.1) is 0 Å². The largest absolute Gasteiger partial charge is 0.300 e. The van der Waals surface area contributed by atoms with Crippen LogP contribution in [0.5, 0.6) is 0 Å². The number of rotatable bonds is 4. The molecule has 0 radical (unpaired) electrons. The third kappa shape index (κ3) is 2.19. The van der Waals surface area contributed by atoms with Gasteiger partial charge in [-0.1, -0.05) is 20.8 Å². The zero-order valence-electron chi connectivity index (χ0n) is 11.5. The molecule has 0 aromatic carbocycles. The number of ketones is 2. The molecule has 2 heteroatoms. The molecule has 2 saturated carbocycles. The number of carbonyl (C=O) groups is 2. The zero-order chi connectivity index (χ0) is 12.8. The predicted octanol–water partition coefficient (Wildman–Crippen LogP) is 3.24. The molecule has 0 aromatic rings. The first kappa shape index (κ1) is 12.8. The molecule has 0 aliphatic heterocycles. The minimum absolute atomic E-state index is 0.272. The van der Waals surface area contributed by atoms with Crippen molar-refractivity contribution < 1.29 is 9.59 Å². The Bertz CT molecular complexity index is 343. The van der Waals surface area contributed by atoms with Gasteiger partial charge in [0.05, 0.1) is 0 Å². The van der Waals surface area contributed by atoms with Gasteiger partial charge in [0.25, 0.3) is 0 Å². The lowest BCUT2D eigenvalue weighted by Crippen LogP contribution is -2.18. The van der Waals surface area contributed by atoms with Crippen LogP contribution in [0.1, 0.15) is 53.4 Å². The maximum Gasteiger partial charge on any atom is 0.136 e. The molecule has 2 fully saturated rings. The van der Waals surface area contributed by atoms with E-state index in [1.54, 1.807) is 6.92 Å². The molecule has 96 valence electrons. The Morgan fingerprint density at radius 2 is 2.06 bits per heavy atom. The highest BCUT2D eigenvalue weighted by molar-refractivity contribution is 5.84. The Kier molecular flexibility index (Phi) is 3.17. The molecule has 4 unspecified atom stereocenters. The summed E-state index contributed by atoms with van der Waals surface area (Å²) in [5, 5.41) is 0. The third-order valence-corrected chi connectivity index (χ3v) is 5.16. The SMILES string of the molecule is CC(=O)CCC1C(C2C(=O)CCC2C)C1(C)C. The minimum Gasteiger partial charge on any atom is -0.300 e. The van der Waals surface area contributed by atoms with Crippen LogP contribution >= 0.6 is 0 Å². The second-order valence-electron chi connectivity index (χ2n) is 6.70. The first-order chi connectivity index (χ1) is 7.85. The summed E-state index contributed by atoms with van der Waals surface area (Å²) in [6.07, 6.45) is 3.50. The van der Waals surface area contributed by atoms with E-state index in [1.807, 2.05) is 0 Å². The fraction of sp³-hybridized carbons (Fsp3) is 0.867. The summed E-state index contributed by atoms with van der Waals surface area (Å²) in [4.78, 5) is 23.0. The monoisotopic (exact) mass is 236 g/mol. The van der Waals surface area contributed by atoms with Gasteiger partial charge < -0.3 is 4.79 Å². The van der Waals surface area contributed by atoms with Gasteiger partial charge in [0.15, 0.2) is 0 Å². The lowest BCUT2D eigenvalue weighted by atomic mass is 9.88. The molecule has 2 aliphatic carbocycles. The van der Waals surface area contributed by atoms with Crippen LogP contribution < -0.4 is 0 Å². The number of Topliss-reactive ketones (excluding diaryl/α,β-unsaturated/α-hetero) is 2. The highest BCUT2D eigenvalue weighted by Gasteiger charge is 2.62. The number of carbonyl (C=O) groups excluding carboxylic acids is 2. The Morgan fingerprint density at radius 1 is 1.41 bits per heavy atom. The topological polar surface area (TPSA) is 34.1 Å². The Hall–Kier alpha value is -0.660. The van der Waals surface area contributed by atoms with Gasteiger partial charge in [-0.3, -0.25) is 4.79 Å². The van der Waals surface area contributed by atoms with Crippen LogP contribution in [-0.2, 0) is 9.59 Å².